The molecule has 0 saturated carbocycles. The van der Waals surface area contributed by atoms with Gasteiger partial charge in [0.25, 0.3) is 5.82 Å². The van der Waals surface area contributed by atoms with Gasteiger partial charge < -0.3 is 5.11 Å². The molecule has 0 spiro atoms. The lowest BCUT2D eigenvalue weighted by atomic mass is 9.95. The van der Waals surface area contributed by atoms with Gasteiger partial charge in [0.05, 0.1) is 6.20 Å². The van der Waals surface area contributed by atoms with Crippen LogP contribution in [0.25, 0.3) is 10.9 Å². The average Bonchev–Trinajstić information content (AvgIpc) is 2.69. The second-order valence-corrected chi connectivity index (χ2v) is 6.79. The number of phenolic OH excluding ortho intramolecular Hbond substituents is 1. The molecule has 1 atom stereocenters. The predicted octanol–water partition coefficient (Wildman–Crippen LogP) is 4.57. The molecule has 2 aromatic carbocycles. The summed E-state index contributed by atoms with van der Waals surface area (Å²) < 4.78 is 0. The van der Waals surface area contributed by atoms with E-state index in [2.05, 4.69) is 46.5 Å². The summed E-state index contributed by atoms with van der Waals surface area (Å²) in [5.41, 5.74) is 4.57. The molecule has 0 fully saturated rings. The van der Waals surface area contributed by atoms with Crippen LogP contribution >= 0.6 is 0 Å². The molecule has 0 radical (unpaired) electrons. The number of aromatic hydroxyl groups is 1. The molecule has 2 heterocycles. The molecular weight excluding hydrogens is 334 g/mol. The number of rotatable bonds is 4. The summed E-state index contributed by atoms with van der Waals surface area (Å²) in [4.78, 5) is 7.75. The van der Waals surface area contributed by atoms with Gasteiger partial charge in [-0.25, -0.2) is 9.97 Å². The third-order valence-corrected chi connectivity index (χ3v) is 4.74. The molecule has 2 aromatic heterocycles. The number of nitrogens with one attached hydrogen (secondary N) is 2. The minimum atomic E-state index is -0.212. The molecule has 4 aromatic rings. The summed E-state index contributed by atoms with van der Waals surface area (Å²) in [5.74, 6) is 1.09. The number of aryl methyl sites for hydroxylation is 2. The highest BCUT2D eigenvalue weighted by atomic mass is 16.3. The topological polar surface area (TPSA) is 59.3 Å². The number of hydrogen-bond acceptors (Lipinski definition) is 3. The van der Waals surface area contributed by atoms with Crippen LogP contribution in [0.5, 0.6) is 5.75 Å². The fourth-order valence-electron chi connectivity index (χ4n) is 3.26. The second-order valence-electron chi connectivity index (χ2n) is 6.79. The average molecular weight is 356 g/mol. The van der Waals surface area contributed by atoms with E-state index >= 15 is 0 Å². The van der Waals surface area contributed by atoms with Gasteiger partial charge in [0, 0.05) is 28.3 Å². The van der Waals surface area contributed by atoms with Crippen molar-refractivity contribution in [3.8, 4) is 5.75 Å². The van der Waals surface area contributed by atoms with E-state index in [1.807, 2.05) is 55.6 Å². The molecule has 4 rings (SSSR count). The first-order chi connectivity index (χ1) is 13.1. The first-order valence-corrected chi connectivity index (χ1v) is 9.01. The monoisotopic (exact) mass is 356 g/mol. The van der Waals surface area contributed by atoms with E-state index in [1.54, 1.807) is 0 Å². The first kappa shape index (κ1) is 17.0. The van der Waals surface area contributed by atoms with Crippen molar-refractivity contribution < 1.29 is 10.1 Å². The Morgan fingerprint density at radius 2 is 1.70 bits per heavy atom. The molecule has 0 aliphatic carbocycles. The van der Waals surface area contributed by atoms with Crippen LogP contribution in [0.2, 0.25) is 0 Å². The highest BCUT2D eigenvalue weighted by Gasteiger charge is 2.24. The van der Waals surface area contributed by atoms with Gasteiger partial charge >= 0.3 is 0 Å². The van der Waals surface area contributed by atoms with Crippen molar-refractivity contribution in [3.63, 3.8) is 0 Å². The Labute approximate surface area is 158 Å². The lowest BCUT2D eigenvalue weighted by Crippen LogP contribution is -2.19. The van der Waals surface area contributed by atoms with Crippen LogP contribution in [-0.2, 0) is 0 Å². The van der Waals surface area contributed by atoms with Crippen molar-refractivity contribution in [1.29, 1.82) is 0 Å². The van der Waals surface area contributed by atoms with Crippen LogP contribution in [0.4, 0.5) is 5.82 Å². The molecule has 27 heavy (non-hydrogen) atoms. The number of aromatic nitrogens is 2. The maximum absolute atomic E-state index is 11.0. The van der Waals surface area contributed by atoms with Crippen LogP contribution in [-0.4, -0.2) is 10.1 Å². The molecule has 0 aliphatic rings. The Morgan fingerprint density at radius 1 is 0.926 bits per heavy atom. The summed E-state index contributed by atoms with van der Waals surface area (Å²) in [7, 11) is 0. The third kappa shape index (κ3) is 3.47. The van der Waals surface area contributed by atoms with Gasteiger partial charge in [-0.2, -0.15) is 0 Å². The smallest absolute Gasteiger partial charge is 0.272 e. The summed E-state index contributed by atoms with van der Waals surface area (Å²) in [6.07, 6.45) is 1.87. The van der Waals surface area contributed by atoms with Gasteiger partial charge in [-0.1, -0.05) is 48.0 Å². The molecule has 0 amide bonds. The minimum absolute atomic E-state index is 0.212. The van der Waals surface area contributed by atoms with Crippen LogP contribution in [0.1, 0.15) is 28.4 Å². The van der Waals surface area contributed by atoms with Gasteiger partial charge in [0.15, 0.2) is 0 Å². The maximum atomic E-state index is 11.0. The van der Waals surface area contributed by atoms with Crippen molar-refractivity contribution >= 4 is 16.7 Å². The number of phenols is 1. The van der Waals surface area contributed by atoms with E-state index in [0.717, 1.165) is 28.0 Å². The lowest BCUT2D eigenvalue weighted by Gasteiger charge is -2.18. The largest absolute Gasteiger partial charge is 0.505 e. The zero-order chi connectivity index (χ0) is 18.8. The highest BCUT2D eigenvalue weighted by Crippen LogP contribution is 2.36. The molecule has 4 nitrogen and oxygen atoms in total. The zero-order valence-corrected chi connectivity index (χ0v) is 15.4. The number of anilines is 1. The number of benzene rings is 2. The van der Waals surface area contributed by atoms with Gasteiger partial charge in [0.2, 0.25) is 0 Å². The zero-order valence-electron chi connectivity index (χ0n) is 15.4. The Bertz CT molecular complexity index is 1080. The first-order valence-electron chi connectivity index (χ1n) is 9.01. The molecule has 0 unspecified atom stereocenters. The quantitative estimate of drug-likeness (QED) is 0.563. The van der Waals surface area contributed by atoms with Crippen molar-refractivity contribution in [2.75, 3.05) is 5.32 Å². The van der Waals surface area contributed by atoms with Gasteiger partial charge in [-0.15, -0.1) is 0 Å². The summed E-state index contributed by atoms with van der Waals surface area (Å²) in [6.45, 7) is 4.00. The highest BCUT2D eigenvalue weighted by molar-refractivity contribution is 5.86. The Hall–Kier alpha value is -3.40. The molecule has 3 N–H and O–H groups in total. The summed E-state index contributed by atoms with van der Waals surface area (Å²) >= 11 is 0. The van der Waals surface area contributed by atoms with Crippen LogP contribution < -0.4 is 10.3 Å². The predicted molar refractivity (Wildman–Crippen MR) is 108 cm³/mol. The summed E-state index contributed by atoms with van der Waals surface area (Å²) in [6, 6.07) is 21.9. The number of H-pyrrole nitrogens is 1. The Kier molecular flexibility index (Phi) is 4.47. The number of aromatic amines is 1. The van der Waals surface area contributed by atoms with Crippen molar-refractivity contribution in [1.82, 2.24) is 4.98 Å². The lowest BCUT2D eigenvalue weighted by molar-refractivity contribution is -0.361. The van der Waals surface area contributed by atoms with Gasteiger partial charge in [-0.3, -0.25) is 5.32 Å². The van der Waals surface area contributed by atoms with E-state index in [1.165, 1.54) is 5.56 Å². The van der Waals surface area contributed by atoms with Gasteiger partial charge in [-0.05, 0) is 32.0 Å². The SMILES string of the molecule is Cc1ccc([C@@H](Nc2cccc[nH+]2)c2ccc3ccc(C)nc3c2O)cc1. The minimum Gasteiger partial charge on any atom is -0.505 e. The third-order valence-electron chi connectivity index (χ3n) is 4.74. The Morgan fingerprint density at radius 3 is 2.44 bits per heavy atom. The number of hydrogen-bond donors (Lipinski definition) is 2. The van der Waals surface area contributed by atoms with Crippen LogP contribution in [0.3, 0.4) is 0 Å². The van der Waals surface area contributed by atoms with E-state index in [-0.39, 0.29) is 11.8 Å². The molecule has 4 heteroatoms. The fraction of sp³-hybridized carbons (Fsp3) is 0.130. The normalized spacial score (nSPS) is 12.1. The number of pyridine rings is 2. The van der Waals surface area contributed by atoms with Gasteiger partial charge in [0.1, 0.15) is 17.3 Å². The summed E-state index contributed by atoms with van der Waals surface area (Å²) in [5, 5.41) is 15.5. The van der Waals surface area contributed by atoms with E-state index in [0.29, 0.717) is 5.52 Å². The Balaban J connectivity index is 1.86. The van der Waals surface area contributed by atoms with Crippen molar-refractivity contribution in [2.24, 2.45) is 0 Å². The number of fused-ring (bicyclic) bond motifs is 1. The second kappa shape index (κ2) is 7.08. The molecule has 0 saturated heterocycles. The van der Waals surface area contributed by atoms with E-state index in [4.69, 9.17) is 0 Å². The van der Waals surface area contributed by atoms with Crippen molar-refractivity contribution in [3.05, 3.63) is 95.3 Å². The fourth-order valence-corrected chi connectivity index (χ4v) is 3.26. The standard InChI is InChI=1S/C23H21N3O/c1-15-6-9-17(10-7-15)21(26-20-5-3-4-14-24-20)19-13-12-18-11-8-16(2)25-22(18)23(19)27/h3-14,21,27H,1-2H3,(H,24,26)/p+1/t21-/m1/s1. The molecular formula is C23H22N3O+. The van der Waals surface area contributed by atoms with Crippen LogP contribution in [0, 0.1) is 13.8 Å². The van der Waals surface area contributed by atoms with E-state index in [9.17, 15) is 5.11 Å². The molecule has 134 valence electrons. The van der Waals surface area contributed by atoms with Crippen LogP contribution in [0.15, 0.2) is 72.9 Å². The molecule has 0 aliphatic heterocycles. The molecule has 0 bridgehead atoms. The number of nitrogens with zero attached hydrogens (tertiary/aromatic N) is 1. The van der Waals surface area contributed by atoms with Crippen molar-refractivity contribution in [2.45, 2.75) is 19.9 Å². The maximum Gasteiger partial charge on any atom is 0.272 e. The van der Waals surface area contributed by atoms with E-state index < -0.39 is 0 Å².